The molecular weight excluding hydrogens is 763 g/mol. The number of H-pyrrole nitrogens is 1. The second-order valence-electron chi connectivity index (χ2n) is 14.8. The fraction of sp³-hybridized carbons (Fsp3) is 0.465. The maximum Gasteiger partial charge on any atom is 0.330 e. The molecule has 15 heteroatoms. The van der Waals surface area contributed by atoms with E-state index in [1.54, 1.807) is 21.1 Å². The number of aromatic nitrogens is 2. The van der Waals surface area contributed by atoms with E-state index >= 15 is 0 Å². The molecule has 14 nitrogen and oxygen atoms in total. The molecule has 0 saturated carbocycles. The lowest BCUT2D eigenvalue weighted by molar-refractivity contribution is -0.280. The first-order valence-corrected chi connectivity index (χ1v) is 20.5. The van der Waals surface area contributed by atoms with Crippen molar-refractivity contribution in [3.05, 3.63) is 128 Å². The van der Waals surface area contributed by atoms with E-state index in [2.05, 4.69) is 15.7 Å². The lowest BCUT2D eigenvalue weighted by atomic mass is 9.79. The molecule has 1 unspecified atom stereocenters. The van der Waals surface area contributed by atoms with Gasteiger partial charge >= 0.3 is 5.69 Å². The monoisotopic (exact) mass is 816 g/mol. The van der Waals surface area contributed by atoms with Crippen LogP contribution in [0.4, 0.5) is 0 Å². The summed E-state index contributed by atoms with van der Waals surface area (Å²) in [5.41, 5.74) is -1.21. The zero-order chi connectivity index (χ0) is 41.7. The van der Waals surface area contributed by atoms with Crippen molar-refractivity contribution < 1.29 is 37.5 Å². The molecule has 310 valence electrons. The predicted octanol–water partition coefficient (Wildman–Crippen LogP) is 6.56. The minimum atomic E-state index is -1.91. The second kappa shape index (κ2) is 18.2. The summed E-state index contributed by atoms with van der Waals surface area (Å²) in [6.07, 6.45) is -0.370. The van der Waals surface area contributed by atoms with Crippen LogP contribution in [0.25, 0.3) is 0 Å². The number of nitrogens with zero attached hydrogens (tertiary/aromatic N) is 3. The van der Waals surface area contributed by atoms with Crippen LogP contribution in [0.5, 0.6) is 11.5 Å². The molecule has 3 aromatic carbocycles. The molecule has 2 aliphatic heterocycles. The Morgan fingerprint density at radius 3 is 2.05 bits per heavy atom. The fourth-order valence-electron chi connectivity index (χ4n) is 8.05. The van der Waals surface area contributed by atoms with E-state index in [0.717, 1.165) is 16.7 Å². The number of nitrogens with one attached hydrogen (secondary N) is 1. The van der Waals surface area contributed by atoms with Gasteiger partial charge < -0.3 is 37.5 Å². The van der Waals surface area contributed by atoms with Gasteiger partial charge in [0.05, 0.1) is 46.5 Å². The summed E-state index contributed by atoms with van der Waals surface area (Å²) < 4.78 is 55.6. The van der Waals surface area contributed by atoms with Crippen molar-refractivity contribution in [2.45, 2.75) is 88.9 Å². The first-order valence-electron chi connectivity index (χ1n) is 19.3. The molecule has 1 aromatic heterocycles. The van der Waals surface area contributed by atoms with Crippen LogP contribution in [0, 0.1) is 18.3 Å². The Morgan fingerprint density at radius 1 is 0.931 bits per heavy atom. The molecule has 2 fully saturated rings. The van der Waals surface area contributed by atoms with Gasteiger partial charge in [0.2, 0.25) is 5.79 Å². The smallest absolute Gasteiger partial charge is 0.330 e. The quantitative estimate of drug-likeness (QED) is 0.0657. The van der Waals surface area contributed by atoms with Crippen LogP contribution < -0.4 is 20.7 Å². The first-order chi connectivity index (χ1) is 27.9. The van der Waals surface area contributed by atoms with Crippen LogP contribution in [-0.4, -0.2) is 84.9 Å². The van der Waals surface area contributed by atoms with Crippen LogP contribution >= 0.6 is 8.53 Å². The van der Waals surface area contributed by atoms with Crippen molar-refractivity contribution in [3.8, 4) is 17.6 Å². The average Bonchev–Trinajstić information content (AvgIpc) is 3.72. The summed E-state index contributed by atoms with van der Waals surface area (Å²) in [6, 6.07) is 27.4. The maximum atomic E-state index is 13.7. The van der Waals surface area contributed by atoms with E-state index in [1.807, 2.05) is 107 Å². The molecule has 0 radical (unpaired) electrons. The Balaban J connectivity index is 1.56. The molecule has 4 aromatic rings. The van der Waals surface area contributed by atoms with Crippen LogP contribution in [0.15, 0.2) is 94.6 Å². The molecule has 0 bridgehead atoms. The molecule has 2 saturated heterocycles. The Hall–Kier alpha value is -4.42. The van der Waals surface area contributed by atoms with Gasteiger partial charge in [0.1, 0.15) is 23.2 Å². The maximum absolute atomic E-state index is 13.7. The molecule has 2 aliphatic rings. The van der Waals surface area contributed by atoms with E-state index in [1.165, 1.54) is 17.9 Å². The third kappa shape index (κ3) is 7.86. The van der Waals surface area contributed by atoms with Crippen molar-refractivity contribution in [3.63, 3.8) is 0 Å². The number of hydrogen-bond donors (Lipinski definition) is 1. The number of methoxy groups -OCH3 is 3. The van der Waals surface area contributed by atoms with E-state index in [9.17, 15) is 14.9 Å². The van der Waals surface area contributed by atoms with Crippen LogP contribution in [0.1, 0.15) is 69.0 Å². The van der Waals surface area contributed by atoms with Crippen molar-refractivity contribution in [2.75, 3.05) is 41.2 Å². The third-order valence-corrected chi connectivity index (χ3v) is 12.9. The number of nitriles is 1. The number of aromatic amines is 1. The lowest BCUT2D eigenvalue weighted by Crippen LogP contribution is -2.59. The van der Waals surface area contributed by atoms with Gasteiger partial charge in [0.15, 0.2) is 11.8 Å². The SMILES string of the molecule is COc1ccc(C(OC[C@H]2O[C@@H](n3cc(C)c(=O)[nH]c3=O)[C@@]3(OC)OCC[C@@]23OP(OCCC#N)N(C(C)C)C(C)C)(c2ccccc2)c2ccc(OC)cc2)cc1. The van der Waals surface area contributed by atoms with E-state index in [-0.39, 0.29) is 50.3 Å². The average molecular weight is 817 g/mol. The highest BCUT2D eigenvalue weighted by atomic mass is 31.2. The minimum Gasteiger partial charge on any atom is -0.497 e. The van der Waals surface area contributed by atoms with Crippen molar-refractivity contribution in [1.82, 2.24) is 14.2 Å². The number of hydrogen-bond acceptors (Lipinski definition) is 12. The number of benzene rings is 3. The summed E-state index contributed by atoms with van der Waals surface area (Å²) in [5, 5.41) is 9.48. The van der Waals surface area contributed by atoms with E-state index in [4.69, 9.17) is 37.5 Å². The van der Waals surface area contributed by atoms with Gasteiger partial charge in [-0.05, 0) is 75.6 Å². The van der Waals surface area contributed by atoms with E-state index < -0.39 is 49.1 Å². The minimum absolute atomic E-state index is 0.0305. The molecule has 6 rings (SSSR count). The predicted molar refractivity (Wildman–Crippen MR) is 218 cm³/mol. The first kappa shape index (κ1) is 43.2. The molecule has 5 atom stereocenters. The number of ether oxygens (including phenoxy) is 6. The Bertz CT molecular complexity index is 2080. The summed E-state index contributed by atoms with van der Waals surface area (Å²) in [4.78, 5) is 28.7. The van der Waals surface area contributed by atoms with Gasteiger partial charge in [-0.3, -0.25) is 14.3 Å². The van der Waals surface area contributed by atoms with Gasteiger partial charge in [-0.15, -0.1) is 0 Å². The molecule has 3 heterocycles. The third-order valence-electron chi connectivity index (χ3n) is 10.7. The largest absolute Gasteiger partial charge is 0.497 e. The normalized spacial score (nSPS) is 22.3. The zero-order valence-corrected chi connectivity index (χ0v) is 35.2. The molecular formula is C43H53N4O10P. The lowest BCUT2D eigenvalue weighted by Gasteiger charge is -2.45. The topological polar surface area (TPSA) is 156 Å². The molecule has 0 spiro atoms. The zero-order valence-electron chi connectivity index (χ0n) is 34.3. The molecule has 58 heavy (non-hydrogen) atoms. The van der Waals surface area contributed by atoms with Crippen molar-refractivity contribution >= 4 is 8.53 Å². The molecule has 0 amide bonds. The van der Waals surface area contributed by atoms with Gasteiger partial charge in [-0.1, -0.05) is 54.6 Å². The van der Waals surface area contributed by atoms with Crippen LogP contribution in [0.3, 0.4) is 0 Å². The van der Waals surface area contributed by atoms with Crippen molar-refractivity contribution in [1.29, 1.82) is 5.26 Å². The van der Waals surface area contributed by atoms with Crippen molar-refractivity contribution in [2.24, 2.45) is 0 Å². The van der Waals surface area contributed by atoms with Crippen LogP contribution in [0.2, 0.25) is 0 Å². The van der Waals surface area contributed by atoms with Gasteiger partial charge in [-0.2, -0.15) is 5.26 Å². The second-order valence-corrected chi connectivity index (χ2v) is 16.1. The van der Waals surface area contributed by atoms with E-state index in [0.29, 0.717) is 11.5 Å². The Labute approximate surface area is 340 Å². The summed E-state index contributed by atoms with van der Waals surface area (Å²) in [7, 11) is 2.81. The molecule has 0 aliphatic carbocycles. The highest BCUT2D eigenvalue weighted by Gasteiger charge is 2.75. The number of rotatable bonds is 18. The highest BCUT2D eigenvalue weighted by Crippen LogP contribution is 2.62. The summed E-state index contributed by atoms with van der Waals surface area (Å²) in [6.45, 7) is 9.98. The fourth-order valence-corrected chi connectivity index (χ4v) is 9.95. The number of fused-ring (bicyclic) bond motifs is 1. The highest BCUT2D eigenvalue weighted by molar-refractivity contribution is 7.44. The standard InChI is InChI=1S/C43H53N4O10P/c1-29(2)47(30(3)4)58(55-25-12-24-44)57-41-23-26-53-43(41,52-8)39(46-27-31(5)38(48)45-40(46)49)56-37(41)28-54-42(32-13-10-9-11-14-32,33-15-19-35(50-6)20-16-33)34-17-21-36(51-7)22-18-34/h9-11,13-22,27,29-30,37,39H,12,23,25-26,28H2,1-8H3,(H,45,48,49)/t37-,39-,41-,43-,58?/m1/s1. The van der Waals surface area contributed by atoms with Gasteiger partial charge in [0.25, 0.3) is 14.1 Å². The van der Waals surface area contributed by atoms with Gasteiger partial charge in [-0.25, -0.2) is 9.46 Å². The summed E-state index contributed by atoms with van der Waals surface area (Å²) >= 11 is 0. The van der Waals surface area contributed by atoms with Gasteiger partial charge in [0, 0.05) is 37.4 Å². The van der Waals surface area contributed by atoms with Crippen LogP contribution in [-0.2, 0) is 33.6 Å². The Morgan fingerprint density at radius 2 is 1.52 bits per heavy atom. The molecule has 1 N–H and O–H groups in total. The summed E-state index contributed by atoms with van der Waals surface area (Å²) in [5.74, 6) is -0.382. The Kier molecular flexibility index (Phi) is 13.6. The number of aryl methyl sites for hydroxylation is 1.